The summed E-state index contributed by atoms with van der Waals surface area (Å²) in [5.74, 6) is -3.54. The maximum Gasteiger partial charge on any atom is 0.360 e. The smallest absolute Gasteiger partial charge is 0.360 e. The summed E-state index contributed by atoms with van der Waals surface area (Å²) < 4.78 is 109. The zero-order valence-corrected chi connectivity index (χ0v) is 49.2. The Balaban J connectivity index is 0.000000208. The quantitative estimate of drug-likeness (QED) is 0.0674. The van der Waals surface area contributed by atoms with Crippen molar-refractivity contribution in [1.29, 1.82) is 0 Å². The number of hydrogen-bond acceptors (Lipinski definition) is 15. The fourth-order valence-corrected chi connectivity index (χ4v) is 10.2. The van der Waals surface area contributed by atoms with E-state index in [1.54, 1.807) is 18.2 Å². The molecule has 0 unspecified atom stereocenters. The number of fused-ring (bicyclic) bond motifs is 2. The summed E-state index contributed by atoms with van der Waals surface area (Å²) in [5.41, 5.74) is 3.81. The molecule has 0 spiro atoms. The van der Waals surface area contributed by atoms with E-state index in [4.69, 9.17) is 23.0 Å². The molecule has 6 aromatic carbocycles. The highest BCUT2D eigenvalue weighted by Gasteiger charge is 2.30. The summed E-state index contributed by atoms with van der Waals surface area (Å²) in [6, 6.07) is 41.4. The molecule has 0 saturated heterocycles. The Bertz CT molecular complexity index is 4510. The number of nitrogens with one attached hydrogen (secondary N) is 2. The minimum Gasteiger partial charge on any atom is -0.486 e. The van der Waals surface area contributed by atoms with Gasteiger partial charge < -0.3 is 38.8 Å². The highest BCUT2D eigenvalue weighted by Crippen LogP contribution is 2.44. The van der Waals surface area contributed by atoms with Crippen molar-refractivity contribution in [2.75, 3.05) is 56.4 Å². The van der Waals surface area contributed by atoms with Gasteiger partial charge in [0.05, 0.1) is 53.5 Å². The Hall–Kier alpha value is -10.5. The van der Waals surface area contributed by atoms with Gasteiger partial charge >= 0.3 is 11.9 Å². The van der Waals surface area contributed by atoms with Crippen molar-refractivity contribution in [3.05, 3.63) is 203 Å². The number of pyridine rings is 2. The third-order valence-corrected chi connectivity index (χ3v) is 16.1. The van der Waals surface area contributed by atoms with Crippen molar-refractivity contribution in [3.63, 3.8) is 0 Å². The van der Waals surface area contributed by atoms with E-state index >= 15 is 0 Å². The van der Waals surface area contributed by atoms with Gasteiger partial charge in [-0.3, -0.25) is 18.2 Å². The molecule has 446 valence electrons. The summed E-state index contributed by atoms with van der Waals surface area (Å²) in [5, 5.41) is 15.8. The van der Waals surface area contributed by atoms with Crippen molar-refractivity contribution < 1.29 is 72.9 Å². The number of carboxylic acid groups (broad SMARTS) is 1. The normalized spacial score (nSPS) is 11.3. The van der Waals surface area contributed by atoms with E-state index in [1.165, 1.54) is 114 Å². The number of esters is 1. The van der Waals surface area contributed by atoms with Crippen molar-refractivity contribution in [1.82, 2.24) is 20.6 Å². The predicted molar refractivity (Wildman–Crippen MR) is 323 cm³/mol. The summed E-state index contributed by atoms with van der Waals surface area (Å²) in [7, 11) is -0.787. The van der Waals surface area contributed by atoms with Gasteiger partial charge in [-0.2, -0.15) is 0 Å². The Labute approximate surface area is 497 Å². The molecule has 4 heterocycles. The molecule has 2 amide bonds. The van der Waals surface area contributed by atoms with E-state index < -0.39 is 55.4 Å². The molecular formula is C63H54F2N6O14S2. The largest absolute Gasteiger partial charge is 0.486 e. The fourth-order valence-electron chi connectivity index (χ4n) is 9.16. The maximum atomic E-state index is 13.7. The van der Waals surface area contributed by atoms with Crippen molar-refractivity contribution >= 4 is 77.1 Å². The molecular weight excluding hydrogens is 1170 g/mol. The number of amides is 2. The average Bonchev–Trinajstić information content (AvgIpc) is 2.54. The van der Waals surface area contributed by atoms with Crippen LogP contribution in [0, 0.1) is 11.6 Å². The van der Waals surface area contributed by atoms with Crippen LogP contribution in [-0.4, -0.2) is 103 Å². The minimum absolute atomic E-state index is 0.0205. The fraction of sp³-hybridized carbons (Fsp3) is 0.143. The number of hydrogen-bond donors (Lipinski definition) is 3. The molecule has 0 aliphatic carbocycles. The van der Waals surface area contributed by atoms with Crippen molar-refractivity contribution in [2.45, 2.75) is 13.2 Å². The van der Waals surface area contributed by atoms with Crippen LogP contribution in [0.15, 0.2) is 167 Å². The number of methoxy groups -OCH3 is 1. The van der Waals surface area contributed by atoms with Crippen molar-refractivity contribution in [2.24, 2.45) is 0 Å². The molecule has 10 aromatic rings. The summed E-state index contributed by atoms with van der Waals surface area (Å²) in [6.07, 6.45) is 2.05. The van der Waals surface area contributed by atoms with Crippen LogP contribution in [0.3, 0.4) is 0 Å². The van der Waals surface area contributed by atoms with Gasteiger partial charge in [0.2, 0.25) is 20.0 Å². The van der Waals surface area contributed by atoms with E-state index in [0.29, 0.717) is 21.9 Å². The van der Waals surface area contributed by atoms with Gasteiger partial charge in [-0.05, 0) is 96.1 Å². The lowest BCUT2D eigenvalue weighted by Gasteiger charge is -2.21. The first kappa shape index (κ1) is 61.1. The average molecular weight is 1220 g/mol. The third-order valence-electron chi connectivity index (χ3n) is 13.7. The first-order valence-corrected chi connectivity index (χ1v) is 29.9. The molecule has 20 nitrogen and oxygen atoms in total. The number of carbonyl (C=O) groups is 4. The van der Waals surface area contributed by atoms with Gasteiger partial charge in [-0.15, -0.1) is 0 Å². The highest BCUT2D eigenvalue weighted by molar-refractivity contribution is 7.92. The Morgan fingerprint density at radius 2 is 0.931 bits per heavy atom. The van der Waals surface area contributed by atoms with Crippen LogP contribution >= 0.6 is 0 Å². The van der Waals surface area contributed by atoms with Crippen molar-refractivity contribution in [3.8, 4) is 56.7 Å². The van der Waals surface area contributed by atoms with Crippen LogP contribution in [0.25, 0.3) is 67.1 Å². The number of anilines is 2. The van der Waals surface area contributed by atoms with E-state index in [2.05, 4.69) is 20.6 Å². The van der Waals surface area contributed by atoms with Gasteiger partial charge in [0.15, 0.2) is 22.9 Å². The molecule has 10 rings (SSSR count). The second-order valence-corrected chi connectivity index (χ2v) is 23.4. The maximum absolute atomic E-state index is 13.7. The molecule has 4 aromatic heterocycles. The zero-order chi connectivity index (χ0) is 62.5. The number of nitrogens with zero attached hydrogens (tertiary/aromatic N) is 4. The molecule has 24 heteroatoms. The number of halogens is 2. The molecule has 0 aliphatic heterocycles. The molecule has 0 fully saturated rings. The standard InChI is InChI=1S/C32H28FN3O7S.C31H26FN3O7S/c1-34-31(37)28-23-16-22(24-14-15-26(29(35-24)32(38)41-3)42-18-19-8-6-5-7-9-19)25(36(2)44(4,39)40)17-27(23)43-30(28)20-10-12-21(33)13-11-20;1-33-30(36)27-22-15-21(23-13-14-25(28(34-23)31(37)38)41-17-18-7-5-4-6-8-18)24(35(2)43(3,39)40)16-26(22)42-29(27)19-9-11-20(32)12-10-19/h5-17H,18H2,1-4H3,(H,34,37);4-16H,17H2,1-3H3,(H,33,36)(H,37,38). The second kappa shape index (κ2) is 25.4. The number of benzene rings is 6. The van der Waals surface area contributed by atoms with E-state index in [0.717, 1.165) is 32.2 Å². The Kier molecular flexibility index (Phi) is 17.8. The molecule has 87 heavy (non-hydrogen) atoms. The number of carbonyl (C=O) groups excluding carboxylic acids is 3. The van der Waals surface area contributed by atoms with E-state index in [1.807, 2.05) is 60.7 Å². The van der Waals surface area contributed by atoms with Crippen LogP contribution in [0.1, 0.15) is 52.8 Å². The van der Waals surface area contributed by atoms with Gasteiger partial charge in [-0.25, -0.2) is 45.2 Å². The lowest BCUT2D eigenvalue weighted by Crippen LogP contribution is -2.25. The Morgan fingerprint density at radius 1 is 0.552 bits per heavy atom. The van der Waals surface area contributed by atoms with Crippen LogP contribution in [0.2, 0.25) is 0 Å². The zero-order valence-electron chi connectivity index (χ0n) is 47.5. The second-order valence-electron chi connectivity index (χ2n) is 19.4. The Morgan fingerprint density at radius 3 is 1.29 bits per heavy atom. The molecule has 0 aliphatic rings. The van der Waals surface area contributed by atoms with Crippen LogP contribution < -0.4 is 28.7 Å². The van der Waals surface area contributed by atoms with Gasteiger partial charge in [0, 0.05) is 73.3 Å². The SMILES string of the molecule is CNC(=O)c1c(-c2ccc(F)cc2)oc2cc(N(C)S(C)(=O)=O)c(-c3ccc(OCc4ccccc4)c(C(=O)O)n3)cc12.CNC(=O)c1c(-c2ccc(F)cc2)oc2cc(N(C)S(C)(=O)=O)c(-c3ccc(OCc4ccccc4)c(C(=O)OC)n3)cc12. The van der Waals surface area contributed by atoms with E-state index in [9.17, 15) is 49.9 Å². The van der Waals surface area contributed by atoms with E-state index in [-0.39, 0.29) is 104 Å². The molecule has 0 saturated carbocycles. The predicted octanol–water partition coefficient (Wildman–Crippen LogP) is 10.8. The van der Waals surface area contributed by atoms with Crippen LogP contribution in [0.4, 0.5) is 20.2 Å². The topological polar surface area (TPSA) is 267 Å². The number of sulfonamides is 2. The monoisotopic (exact) mass is 1220 g/mol. The van der Waals surface area contributed by atoms with Gasteiger partial charge in [0.1, 0.15) is 47.5 Å². The number of ether oxygens (including phenoxy) is 3. The number of furan rings is 2. The number of rotatable bonds is 18. The first-order valence-electron chi connectivity index (χ1n) is 26.2. The lowest BCUT2D eigenvalue weighted by molar-refractivity contribution is 0.0587. The molecule has 0 bridgehead atoms. The third kappa shape index (κ3) is 13.3. The van der Waals surface area contributed by atoms with Crippen LogP contribution in [-0.2, 0) is 38.0 Å². The van der Waals surface area contributed by atoms with Crippen LogP contribution in [0.5, 0.6) is 11.5 Å². The molecule has 0 radical (unpaired) electrons. The van der Waals surface area contributed by atoms with Gasteiger partial charge in [-0.1, -0.05) is 60.7 Å². The van der Waals surface area contributed by atoms with Gasteiger partial charge in [0.25, 0.3) is 11.8 Å². The lowest BCUT2D eigenvalue weighted by atomic mass is 10.0. The molecule has 0 atom stereocenters. The summed E-state index contributed by atoms with van der Waals surface area (Å²) in [4.78, 5) is 60.2. The number of carboxylic acids is 1. The minimum atomic E-state index is -3.81. The number of aromatic carboxylic acids is 1. The highest BCUT2D eigenvalue weighted by atomic mass is 32.2. The molecule has 3 N–H and O–H groups in total. The summed E-state index contributed by atoms with van der Waals surface area (Å²) >= 11 is 0. The summed E-state index contributed by atoms with van der Waals surface area (Å²) in [6.45, 7) is 0.267. The number of aromatic nitrogens is 2. The first-order chi connectivity index (χ1) is 41.5.